The summed E-state index contributed by atoms with van der Waals surface area (Å²) in [5.41, 5.74) is -0.122. The van der Waals surface area contributed by atoms with Crippen LogP contribution in [-0.4, -0.2) is 56.2 Å². The minimum Gasteiger partial charge on any atom is -0.507 e. The molecule has 2 aromatic rings. The van der Waals surface area contributed by atoms with Crippen LogP contribution in [0, 0.1) is 5.82 Å². The van der Waals surface area contributed by atoms with Crippen LogP contribution in [0.1, 0.15) is 17.2 Å². The van der Waals surface area contributed by atoms with Crippen LogP contribution in [0.5, 0.6) is 11.5 Å². The fourth-order valence-electron chi connectivity index (χ4n) is 3.51. The molecule has 1 saturated heterocycles. The SMILES string of the molecule is COCCN1C(=O)C(=O)/C(=C(/O)c2cc(OC)c(Cl)cc2OC)C1c1ccccc1F. The number of carbonyl (C=O) groups is 2. The van der Waals surface area contributed by atoms with Gasteiger partial charge in [0.1, 0.15) is 23.1 Å². The molecule has 9 heteroatoms. The van der Waals surface area contributed by atoms with E-state index in [4.69, 9.17) is 25.8 Å². The van der Waals surface area contributed by atoms with Gasteiger partial charge < -0.3 is 24.2 Å². The second-order valence-electron chi connectivity index (χ2n) is 6.69. The Morgan fingerprint density at radius 2 is 1.81 bits per heavy atom. The Hall–Kier alpha value is -3.10. The van der Waals surface area contributed by atoms with Crippen molar-refractivity contribution in [2.45, 2.75) is 6.04 Å². The molecule has 1 aliphatic heterocycles. The average Bonchev–Trinajstić information content (AvgIpc) is 3.01. The Bertz CT molecular complexity index is 1050. The van der Waals surface area contributed by atoms with Gasteiger partial charge in [-0.1, -0.05) is 29.8 Å². The van der Waals surface area contributed by atoms with Crippen molar-refractivity contribution in [1.29, 1.82) is 0 Å². The summed E-state index contributed by atoms with van der Waals surface area (Å²) in [6.45, 7) is 0.147. The largest absolute Gasteiger partial charge is 0.507 e. The van der Waals surface area contributed by atoms with Gasteiger partial charge >= 0.3 is 0 Å². The molecule has 1 atom stereocenters. The number of carbonyl (C=O) groups excluding carboxylic acids is 2. The number of halogens is 2. The van der Waals surface area contributed by atoms with E-state index in [-0.39, 0.29) is 46.4 Å². The van der Waals surface area contributed by atoms with Gasteiger partial charge in [0.05, 0.1) is 43.0 Å². The van der Waals surface area contributed by atoms with E-state index in [2.05, 4.69) is 0 Å². The van der Waals surface area contributed by atoms with Gasteiger partial charge in [0.2, 0.25) is 0 Å². The first-order valence-corrected chi connectivity index (χ1v) is 9.67. The fraction of sp³-hybridized carbons (Fsp3) is 0.273. The molecule has 0 aromatic heterocycles. The Labute approximate surface area is 183 Å². The lowest BCUT2D eigenvalue weighted by Crippen LogP contribution is -2.33. The number of nitrogens with zero attached hydrogens (tertiary/aromatic N) is 1. The molecule has 164 valence electrons. The number of Topliss-reactive ketones (excluding diaryl/α,β-unsaturated/α-hetero) is 1. The van der Waals surface area contributed by atoms with Gasteiger partial charge in [0, 0.05) is 25.3 Å². The molecule has 1 N–H and O–H groups in total. The Morgan fingerprint density at radius 1 is 1.13 bits per heavy atom. The molecule has 0 radical (unpaired) electrons. The number of methoxy groups -OCH3 is 3. The van der Waals surface area contributed by atoms with Crippen LogP contribution in [0.15, 0.2) is 42.0 Å². The number of hydrogen-bond acceptors (Lipinski definition) is 6. The molecule has 1 aliphatic rings. The lowest BCUT2D eigenvalue weighted by atomic mass is 9.94. The summed E-state index contributed by atoms with van der Waals surface area (Å²) in [5, 5.41) is 11.4. The van der Waals surface area contributed by atoms with Crippen LogP contribution in [0.2, 0.25) is 5.02 Å². The van der Waals surface area contributed by atoms with Gasteiger partial charge in [-0.2, -0.15) is 0 Å². The number of ketones is 1. The zero-order valence-electron chi connectivity index (χ0n) is 17.1. The number of ether oxygens (including phenoxy) is 3. The second-order valence-corrected chi connectivity index (χ2v) is 7.10. The highest BCUT2D eigenvalue weighted by Crippen LogP contribution is 2.43. The van der Waals surface area contributed by atoms with Crippen molar-refractivity contribution in [2.24, 2.45) is 0 Å². The van der Waals surface area contributed by atoms with Crippen molar-refractivity contribution in [1.82, 2.24) is 4.90 Å². The summed E-state index contributed by atoms with van der Waals surface area (Å²) < 4.78 is 30.2. The predicted octanol–water partition coefficient (Wildman–Crippen LogP) is 3.56. The monoisotopic (exact) mass is 449 g/mol. The molecule has 7 nitrogen and oxygen atoms in total. The Kier molecular flexibility index (Phi) is 6.82. The van der Waals surface area contributed by atoms with Crippen LogP contribution in [0.25, 0.3) is 5.76 Å². The zero-order chi connectivity index (χ0) is 22.7. The molecule has 1 heterocycles. The average molecular weight is 450 g/mol. The summed E-state index contributed by atoms with van der Waals surface area (Å²) in [4.78, 5) is 26.9. The Balaban J connectivity index is 2.28. The molecule has 1 amide bonds. The fourth-order valence-corrected chi connectivity index (χ4v) is 3.74. The minimum atomic E-state index is -1.15. The number of benzene rings is 2. The predicted molar refractivity (Wildman–Crippen MR) is 112 cm³/mol. The van der Waals surface area contributed by atoms with E-state index in [1.54, 1.807) is 6.07 Å². The Morgan fingerprint density at radius 3 is 2.42 bits per heavy atom. The normalized spacial score (nSPS) is 17.8. The quantitative estimate of drug-likeness (QED) is 0.395. The maximum absolute atomic E-state index is 14.7. The molecule has 1 fully saturated rings. The van der Waals surface area contributed by atoms with Gasteiger partial charge in [0.25, 0.3) is 11.7 Å². The summed E-state index contributed by atoms with van der Waals surface area (Å²) in [7, 11) is 4.19. The van der Waals surface area contributed by atoms with E-state index in [0.717, 1.165) is 0 Å². The third kappa shape index (κ3) is 4.08. The van der Waals surface area contributed by atoms with Gasteiger partial charge in [0.15, 0.2) is 0 Å². The van der Waals surface area contributed by atoms with Gasteiger partial charge in [-0.25, -0.2) is 4.39 Å². The van der Waals surface area contributed by atoms with E-state index in [0.29, 0.717) is 0 Å². The summed E-state index contributed by atoms with van der Waals surface area (Å²) in [5.74, 6) is -2.59. The molecule has 0 aliphatic carbocycles. The van der Waals surface area contributed by atoms with Crippen molar-refractivity contribution in [2.75, 3.05) is 34.5 Å². The van der Waals surface area contributed by atoms with E-state index in [1.165, 1.54) is 56.6 Å². The van der Waals surface area contributed by atoms with E-state index in [9.17, 15) is 19.1 Å². The topological polar surface area (TPSA) is 85.3 Å². The number of likely N-dealkylation sites (tertiary alicyclic amines) is 1. The molecular formula is C22H21ClFNO6. The molecule has 0 spiro atoms. The molecular weight excluding hydrogens is 429 g/mol. The number of rotatable bonds is 7. The van der Waals surface area contributed by atoms with Gasteiger partial charge in [-0.05, 0) is 12.1 Å². The maximum atomic E-state index is 14.7. The van der Waals surface area contributed by atoms with Crippen molar-refractivity contribution >= 4 is 29.1 Å². The number of aliphatic hydroxyl groups is 1. The zero-order valence-corrected chi connectivity index (χ0v) is 17.9. The minimum absolute atomic E-state index is 0.0257. The molecule has 0 bridgehead atoms. The molecule has 3 rings (SSSR count). The lowest BCUT2D eigenvalue weighted by Gasteiger charge is -2.25. The van der Waals surface area contributed by atoms with Crippen LogP contribution < -0.4 is 9.47 Å². The smallest absolute Gasteiger partial charge is 0.295 e. The first kappa shape index (κ1) is 22.6. The van der Waals surface area contributed by atoms with Gasteiger partial charge in [-0.3, -0.25) is 9.59 Å². The standard InChI is InChI=1S/C22H21ClFNO6/c1-29-9-8-25-19(12-6-4-5-7-15(12)24)18(21(27)22(25)28)20(26)13-10-17(31-3)14(23)11-16(13)30-2/h4-7,10-11,19,26H,8-9H2,1-3H3/b20-18+. The highest BCUT2D eigenvalue weighted by atomic mass is 35.5. The van der Waals surface area contributed by atoms with Gasteiger partial charge in [-0.15, -0.1) is 0 Å². The first-order valence-electron chi connectivity index (χ1n) is 9.29. The number of hydrogen-bond donors (Lipinski definition) is 1. The summed E-state index contributed by atoms with van der Waals surface area (Å²) in [6, 6.07) is 7.40. The first-order chi connectivity index (χ1) is 14.8. The van der Waals surface area contributed by atoms with E-state index < -0.39 is 29.3 Å². The third-order valence-electron chi connectivity index (χ3n) is 5.01. The van der Waals surface area contributed by atoms with Crippen molar-refractivity contribution in [3.05, 3.63) is 63.9 Å². The van der Waals surface area contributed by atoms with E-state index in [1.807, 2.05) is 0 Å². The molecule has 1 unspecified atom stereocenters. The molecule has 0 saturated carbocycles. The number of aliphatic hydroxyl groups excluding tert-OH is 1. The second kappa shape index (κ2) is 9.36. The van der Waals surface area contributed by atoms with Crippen molar-refractivity contribution in [3.63, 3.8) is 0 Å². The lowest BCUT2D eigenvalue weighted by molar-refractivity contribution is -0.140. The van der Waals surface area contributed by atoms with Crippen molar-refractivity contribution < 1.29 is 33.3 Å². The molecule has 31 heavy (non-hydrogen) atoms. The van der Waals surface area contributed by atoms with Crippen LogP contribution in [0.4, 0.5) is 4.39 Å². The van der Waals surface area contributed by atoms with Crippen LogP contribution in [0.3, 0.4) is 0 Å². The summed E-state index contributed by atoms with van der Waals surface area (Å²) in [6.07, 6.45) is 0. The van der Waals surface area contributed by atoms with Crippen LogP contribution in [-0.2, 0) is 14.3 Å². The van der Waals surface area contributed by atoms with Crippen LogP contribution >= 0.6 is 11.6 Å². The maximum Gasteiger partial charge on any atom is 0.295 e. The third-order valence-corrected chi connectivity index (χ3v) is 5.30. The molecule has 2 aromatic carbocycles. The number of amides is 1. The van der Waals surface area contributed by atoms with E-state index >= 15 is 0 Å². The highest BCUT2D eigenvalue weighted by molar-refractivity contribution is 6.46. The summed E-state index contributed by atoms with van der Waals surface area (Å²) >= 11 is 6.13. The highest BCUT2D eigenvalue weighted by Gasteiger charge is 2.47. The van der Waals surface area contributed by atoms with Crippen molar-refractivity contribution in [3.8, 4) is 11.5 Å².